The smallest absolute Gasteiger partial charge is 0.330 e. The summed E-state index contributed by atoms with van der Waals surface area (Å²) in [6.07, 6.45) is -0.160. The fourth-order valence-electron chi connectivity index (χ4n) is 1.27. The van der Waals surface area contributed by atoms with Gasteiger partial charge in [-0.05, 0) is 18.9 Å². The maximum absolute atomic E-state index is 12.5. The summed E-state index contributed by atoms with van der Waals surface area (Å²) < 4.78 is 53.2. The molecule has 19 heavy (non-hydrogen) atoms. The minimum atomic E-state index is -4.16. The van der Waals surface area contributed by atoms with Crippen molar-refractivity contribution in [2.24, 2.45) is 5.73 Å². The summed E-state index contributed by atoms with van der Waals surface area (Å²) in [7, 11) is 0. The van der Waals surface area contributed by atoms with E-state index in [2.05, 4.69) is 14.7 Å². The van der Waals surface area contributed by atoms with Crippen molar-refractivity contribution in [3.63, 3.8) is 0 Å². The molecule has 1 heterocycles. The first kappa shape index (κ1) is 15.8. The van der Waals surface area contributed by atoms with Crippen LogP contribution < -0.4 is 5.73 Å². The van der Waals surface area contributed by atoms with Gasteiger partial charge in [0.2, 0.25) is 0 Å². The molecule has 0 saturated carbocycles. The van der Waals surface area contributed by atoms with Gasteiger partial charge >= 0.3 is 12.3 Å². The van der Waals surface area contributed by atoms with Crippen LogP contribution >= 0.6 is 0 Å². The second kappa shape index (κ2) is 6.76. The molecular weight excluding hydrogens is 266 g/mol. The van der Waals surface area contributed by atoms with Gasteiger partial charge in [-0.1, -0.05) is 0 Å². The van der Waals surface area contributed by atoms with E-state index < -0.39 is 19.0 Å². The Labute approximate surface area is 108 Å². The summed E-state index contributed by atoms with van der Waals surface area (Å²) in [5.74, 6) is -4.01. The third-order valence-electron chi connectivity index (χ3n) is 2.16. The largest absolute Gasteiger partial charge is 0.367 e. The number of rotatable bonds is 7. The maximum atomic E-state index is 12.5. The quantitative estimate of drug-likeness (QED) is 0.774. The highest BCUT2D eigenvalue weighted by Gasteiger charge is 2.40. The van der Waals surface area contributed by atoms with Crippen LogP contribution in [0.2, 0.25) is 0 Å². The van der Waals surface area contributed by atoms with Crippen molar-refractivity contribution in [1.82, 2.24) is 9.97 Å². The lowest BCUT2D eigenvalue weighted by Gasteiger charge is -2.14. The molecule has 1 aromatic heterocycles. The van der Waals surface area contributed by atoms with Crippen molar-refractivity contribution in [3.05, 3.63) is 23.8 Å². The summed E-state index contributed by atoms with van der Waals surface area (Å²) in [5, 5.41) is 0. The summed E-state index contributed by atoms with van der Waals surface area (Å²) in [4.78, 5) is 7.74. The molecule has 0 bridgehead atoms. The van der Waals surface area contributed by atoms with Crippen molar-refractivity contribution >= 4 is 0 Å². The maximum Gasteiger partial charge on any atom is 0.330 e. The second-order valence-electron chi connectivity index (χ2n) is 4.24. The van der Waals surface area contributed by atoms with Gasteiger partial charge in [-0.15, -0.1) is 0 Å². The van der Waals surface area contributed by atoms with Crippen LogP contribution in [0.25, 0.3) is 0 Å². The molecule has 0 aliphatic rings. The molecule has 1 rings (SSSR count). The van der Waals surface area contributed by atoms with E-state index in [9.17, 15) is 17.6 Å². The van der Waals surface area contributed by atoms with Crippen LogP contribution in [0.15, 0.2) is 12.4 Å². The average Bonchev–Trinajstić information content (AvgIpc) is 2.30. The van der Waals surface area contributed by atoms with E-state index in [0.717, 1.165) is 5.56 Å². The fraction of sp³-hybridized carbons (Fsp3) is 0.636. The SMILES string of the molecule is CC(N)Cc1cnc(COCC(F)(F)C(F)F)nc1. The molecule has 1 aromatic rings. The Hall–Kier alpha value is -1.28. The standard InChI is InChI=1S/C11H15F4N3O/c1-7(16)2-8-3-17-9(18-4-8)5-19-6-11(14,15)10(12)13/h3-4,7,10H,2,5-6,16H2,1H3. The topological polar surface area (TPSA) is 61.0 Å². The van der Waals surface area contributed by atoms with Crippen LogP contribution in [0.1, 0.15) is 18.3 Å². The predicted molar refractivity (Wildman–Crippen MR) is 60.0 cm³/mol. The first-order valence-corrected chi connectivity index (χ1v) is 5.60. The summed E-state index contributed by atoms with van der Waals surface area (Å²) in [5.41, 5.74) is 6.39. The Morgan fingerprint density at radius 2 is 1.89 bits per heavy atom. The van der Waals surface area contributed by atoms with Gasteiger partial charge in [-0.25, -0.2) is 18.7 Å². The Balaban J connectivity index is 2.42. The Kier molecular flexibility index (Phi) is 5.61. The lowest BCUT2D eigenvalue weighted by molar-refractivity contribution is -0.168. The Morgan fingerprint density at radius 1 is 1.32 bits per heavy atom. The van der Waals surface area contributed by atoms with Crippen LogP contribution in [-0.4, -0.2) is 35.0 Å². The highest BCUT2D eigenvalue weighted by molar-refractivity contribution is 5.06. The van der Waals surface area contributed by atoms with Crippen molar-refractivity contribution in [1.29, 1.82) is 0 Å². The summed E-state index contributed by atoms with van der Waals surface area (Å²) in [6, 6.07) is -0.0459. The third-order valence-corrected chi connectivity index (χ3v) is 2.16. The van der Waals surface area contributed by atoms with Gasteiger partial charge in [0.05, 0.1) is 0 Å². The number of aromatic nitrogens is 2. The van der Waals surface area contributed by atoms with E-state index in [1.165, 1.54) is 12.4 Å². The predicted octanol–water partition coefficient (Wildman–Crippen LogP) is 1.78. The molecule has 8 heteroatoms. The van der Waals surface area contributed by atoms with Crippen LogP contribution in [-0.2, 0) is 17.8 Å². The van der Waals surface area contributed by atoms with Gasteiger partial charge in [0.25, 0.3) is 0 Å². The zero-order chi connectivity index (χ0) is 14.5. The minimum Gasteiger partial charge on any atom is -0.367 e. The molecule has 108 valence electrons. The molecule has 0 aliphatic carbocycles. The molecule has 1 atom stereocenters. The molecule has 0 aromatic carbocycles. The van der Waals surface area contributed by atoms with E-state index in [1.807, 2.05) is 6.92 Å². The second-order valence-corrected chi connectivity index (χ2v) is 4.24. The Morgan fingerprint density at radius 3 is 2.37 bits per heavy atom. The first-order chi connectivity index (χ1) is 8.81. The van der Waals surface area contributed by atoms with Crippen molar-refractivity contribution in [3.8, 4) is 0 Å². The number of nitrogens with two attached hydrogens (primary N) is 1. The van der Waals surface area contributed by atoms with Crippen molar-refractivity contribution in [2.75, 3.05) is 6.61 Å². The van der Waals surface area contributed by atoms with Crippen LogP contribution in [0.4, 0.5) is 17.6 Å². The van der Waals surface area contributed by atoms with Gasteiger partial charge in [-0.3, -0.25) is 0 Å². The number of halogens is 4. The first-order valence-electron chi connectivity index (χ1n) is 5.60. The fourth-order valence-corrected chi connectivity index (χ4v) is 1.27. The Bertz CT molecular complexity index is 384. The van der Waals surface area contributed by atoms with Crippen LogP contribution in [0.3, 0.4) is 0 Å². The van der Waals surface area contributed by atoms with Crippen LogP contribution in [0, 0.1) is 0 Å². The lowest BCUT2D eigenvalue weighted by atomic mass is 10.1. The van der Waals surface area contributed by atoms with E-state index in [0.29, 0.717) is 6.42 Å². The van der Waals surface area contributed by atoms with Gasteiger partial charge in [0.1, 0.15) is 13.2 Å². The summed E-state index contributed by atoms with van der Waals surface area (Å²) in [6.45, 7) is 0.111. The molecule has 0 aliphatic heterocycles. The van der Waals surface area contributed by atoms with E-state index in [4.69, 9.17) is 5.73 Å². The van der Waals surface area contributed by atoms with Gasteiger partial charge in [-0.2, -0.15) is 8.78 Å². The minimum absolute atomic E-state index is 0.0459. The highest BCUT2D eigenvalue weighted by Crippen LogP contribution is 2.23. The molecule has 0 amide bonds. The van der Waals surface area contributed by atoms with Gasteiger partial charge in [0.15, 0.2) is 5.82 Å². The number of hydrogen-bond acceptors (Lipinski definition) is 4. The van der Waals surface area contributed by atoms with Crippen molar-refractivity contribution < 1.29 is 22.3 Å². The molecule has 2 N–H and O–H groups in total. The number of hydrogen-bond donors (Lipinski definition) is 1. The van der Waals surface area contributed by atoms with Crippen molar-refractivity contribution in [2.45, 2.75) is 38.3 Å². The molecule has 1 unspecified atom stereocenters. The van der Waals surface area contributed by atoms with E-state index in [1.54, 1.807) is 0 Å². The van der Waals surface area contributed by atoms with E-state index >= 15 is 0 Å². The van der Waals surface area contributed by atoms with Gasteiger partial charge < -0.3 is 10.5 Å². The van der Waals surface area contributed by atoms with Gasteiger partial charge in [0, 0.05) is 18.4 Å². The number of nitrogens with zero attached hydrogens (tertiary/aromatic N) is 2. The molecule has 0 radical (unpaired) electrons. The molecule has 0 fully saturated rings. The zero-order valence-corrected chi connectivity index (χ0v) is 10.3. The third kappa shape index (κ3) is 5.48. The molecular formula is C11H15F4N3O. The summed E-state index contributed by atoms with van der Waals surface area (Å²) >= 11 is 0. The number of ether oxygens (including phenoxy) is 1. The average molecular weight is 281 g/mol. The molecule has 4 nitrogen and oxygen atoms in total. The normalized spacial score (nSPS) is 13.8. The highest BCUT2D eigenvalue weighted by atomic mass is 19.3. The monoisotopic (exact) mass is 281 g/mol. The molecule has 0 spiro atoms. The molecule has 0 saturated heterocycles. The zero-order valence-electron chi connectivity index (χ0n) is 10.3. The van der Waals surface area contributed by atoms with Crippen LogP contribution in [0.5, 0.6) is 0 Å². The number of alkyl halides is 4. The van der Waals surface area contributed by atoms with E-state index in [-0.39, 0.29) is 18.5 Å². The lowest BCUT2D eigenvalue weighted by Crippen LogP contribution is -2.32.